The highest BCUT2D eigenvalue weighted by Crippen LogP contribution is 2.29. The van der Waals surface area contributed by atoms with Gasteiger partial charge in [-0.15, -0.1) is 0 Å². The molecule has 0 bridgehead atoms. The first-order valence-corrected chi connectivity index (χ1v) is 8.24. The number of nitrogens with one attached hydrogen (secondary N) is 1. The van der Waals surface area contributed by atoms with Crippen molar-refractivity contribution in [3.8, 4) is 0 Å². The molecule has 2 aromatic carbocycles. The van der Waals surface area contributed by atoms with E-state index >= 15 is 0 Å². The Kier molecular flexibility index (Phi) is 5.54. The molecule has 0 saturated carbocycles. The maximum Gasteiger partial charge on any atom is 0.416 e. The largest absolute Gasteiger partial charge is 0.416 e. The van der Waals surface area contributed by atoms with E-state index < -0.39 is 11.7 Å². The first-order valence-electron chi connectivity index (χ1n) is 8.24. The van der Waals surface area contributed by atoms with E-state index in [1.807, 2.05) is 30.3 Å². The van der Waals surface area contributed by atoms with Crippen LogP contribution in [0.15, 0.2) is 67.3 Å². The van der Waals surface area contributed by atoms with Crippen LogP contribution in [-0.2, 0) is 23.9 Å². The molecule has 0 unspecified atom stereocenters. The number of hydrogen-bond donors (Lipinski definition) is 1. The summed E-state index contributed by atoms with van der Waals surface area (Å²) in [6.07, 6.45) is -1.44. The second kappa shape index (κ2) is 8.03. The van der Waals surface area contributed by atoms with Gasteiger partial charge in [-0.3, -0.25) is 9.48 Å². The fourth-order valence-electron chi connectivity index (χ4n) is 2.68. The standard InChI is InChI=1S/C19H17F3N4O/c20-19(21,22)16-8-6-14(7-9-16)10-18(27)25-17(11-26-13-23-12-24-26)15-4-2-1-3-5-15/h1-9,12-13,17H,10-11H2,(H,25,27)/t17-/m1/s1. The van der Waals surface area contributed by atoms with Crippen LogP contribution in [0.2, 0.25) is 0 Å². The van der Waals surface area contributed by atoms with Crippen LogP contribution in [-0.4, -0.2) is 20.7 Å². The van der Waals surface area contributed by atoms with Crippen molar-refractivity contribution in [2.45, 2.75) is 25.2 Å². The molecule has 0 spiro atoms. The number of halogens is 3. The van der Waals surface area contributed by atoms with Crippen LogP contribution in [0, 0.1) is 0 Å². The molecule has 1 atom stereocenters. The van der Waals surface area contributed by atoms with Crippen LogP contribution in [0.1, 0.15) is 22.7 Å². The van der Waals surface area contributed by atoms with Gasteiger partial charge in [-0.2, -0.15) is 18.3 Å². The second-order valence-corrected chi connectivity index (χ2v) is 6.02. The van der Waals surface area contributed by atoms with Crippen LogP contribution in [0.4, 0.5) is 13.2 Å². The summed E-state index contributed by atoms with van der Waals surface area (Å²) in [6.45, 7) is 0.392. The van der Waals surface area contributed by atoms with Gasteiger partial charge in [0.2, 0.25) is 5.91 Å². The quantitative estimate of drug-likeness (QED) is 0.719. The molecular formula is C19H17F3N4O. The van der Waals surface area contributed by atoms with E-state index in [2.05, 4.69) is 15.4 Å². The van der Waals surface area contributed by atoms with Gasteiger partial charge < -0.3 is 5.32 Å². The van der Waals surface area contributed by atoms with Crippen molar-refractivity contribution in [2.24, 2.45) is 0 Å². The normalized spacial score (nSPS) is 12.6. The van der Waals surface area contributed by atoms with Crippen molar-refractivity contribution < 1.29 is 18.0 Å². The van der Waals surface area contributed by atoms with Gasteiger partial charge in [-0.1, -0.05) is 42.5 Å². The predicted molar refractivity (Wildman–Crippen MR) is 92.5 cm³/mol. The molecule has 27 heavy (non-hydrogen) atoms. The van der Waals surface area contributed by atoms with Crippen molar-refractivity contribution in [3.63, 3.8) is 0 Å². The van der Waals surface area contributed by atoms with Gasteiger partial charge in [-0.25, -0.2) is 4.98 Å². The van der Waals surface area contributed by atoms with E-state index in [0.29, 0.717) is 12.1 Å². The Balaban J connectivity index is 1.69. The van der Waals surface area contributed by atoms with Crippen molar-refractivity contribution in [1.29, 1.82) is 0 Å². The minimum Gasteiger partial charge on any atom is -0.347 e. The van der Waals surface area contributed by atoms with Gasteiger partial charge in [0.15, 0.2) is 0 Å². The Morgan fingerprint density at radius 3 is 2.37 bits per heavy atom. The van der Waals surface area contributed by atoms with Gasteiger partial charge in [0.05, 0.1) is 24.6 Å². The fourth-order valence-corrected chi connectivity index (χ4v) is 2.68. The Morgan fingerprint density at radius 2 is 1.78 bits per heavy atom. The highest BCUT2D eigenvalue weighted by atomic mass is 19.4. The molecule has 3 aromatic rings. The van der Waals surface area contributed by atoms with E-state index in [4.69, 9.17) is 0 Å². The SMILES string of the molecule is O=C(Cc1ccc(C(F)(F)F)cc1)N[C@H](Cn1cncn1)c1ccccc1. The van der Waals surface area contributed by atoms with Crippen molar-refractivity contribution >= 4 is 5.91 Å². The number of nitrogens with zero attached hydrogens (tertiary/aromatic N) is 3. The highest BCUT2D eigenvalue weighted by molar-refractivity contribution is 5.79. The van der Waals surface area contributed by atoms with Crippen LogP contribution < -0.4 is 5.32 Å². The summed E-state index contributed by atoms with van der Waals surface area (Å²) in [6, 6.07) is 13.6. The molecule has 0 aliphatic carbocycles. The lowest BCUT2D eigenvalue weighted by atomic mass is 10.1. The molecule has 3 rings (SSSR count). The maximum absolute atomic E-state index is 12.6. The number of alkyl halides is 3. The first-order chi connectivity index (χ1) is 12.9. The lowest BCUT2D eigenvalue weighted by Gasteiger charge is -2.19. The van der Waals surface area contributed by atoms with E-state index in [1.54, 1.807) is 11.0 Å². The van der Waals surface area contributed by atoms with E-state index in [0.717, 1.165) is 17.7 Å². The first kappa shape index (κ1) is 18.6. The number of benzene rings is 2. The third-order valence-electron chi connectivity index (χ3n) is 4.02. The summed E-state index contributed by atoms with van der Waals surface area (Å²) >= 11 is 0. The summed E-state index contributed by atoms with van der Waals surface area (Å²) in [7, 11) is 0. The van der Waals surface area contributed by atoms with Gasteiger partial charge in [0, 0.05) is 0 Å². The van der Waals surface area contributed by atoms with Crippen molar-refractivity contribution in [3.05, 3.63) is 83.9 Å². The van der Waals surface area contributed by atoms with Crippen molar-refractivity contribution in [1.82, 2.24) is 20.1 Å². The zero-order valence-electron chi connectivity index (χ0n) is 14.2. The molecule has 1 N–H and O–H groups in total. The summed E-state index contributed by atoms with van der Waals surface area (Å²) in [4.78, 5) is 16.3. The van der Waals surface area contributed by atoms with Gasteiger partial charge >= 0.3 is 6.18 Å². The molecule has 0 radical (unpaired) electrons. The average molecular weight is 374 g/mol. The smallest absolute Gasteiger partial charge is 0.347 e. The van der Waals surface area contributed by atoms with Gasteiger partial charge in [-0.05, 0) is 23.3 Å². The van der Waals surface area contributed by atoms with Crippen molar-refractivity contribution in [2.75, 3.05) is 0 Å². The molecule has 5 nitrogen and oxygen atoms in total. The summed E-state index contributed by atoms with van der Waals surface area (Å²) in [5.41, 5.74) is 0.668. The third-order valence-corrected chi connectivity index (χ3v) is 4.02. The van der Waals surface area contributed by atoms with E-state index in [9.17, 15) is 18.0 Å². The monoisotopic (exact) mass is 374 g/mol. The summed E-state index contributed by atoms with van der Waals surface area (Å²) < 4.78 is 39.5. The Hall–Kier alpha value is -3.16. The Morgan fingerprint density at radius 1 is 1.07 bits per heavy atom. The summed E-state index contributed by atoms with van der Waals surface area (Å²) in [5.74, 6) is -0.288. The molecule has 1 heterocycles. The molecule has 1 amide bonds. The second-order valence-electron chi connectivity index (χ2n) is 6.02. The number of carbonyl (C=O) groups is 1. The highest BCUT2D eigenvalue weighted by Gasteiger charge is 2.30. The van der Waals surface area contributed by atoms with E-state index in [-0.39, 0.29) is 18.4 Å². The fraction of sp³-hybridized carbons (Fsp3) is 0.211. The molecule has 140 valence electrons. The van der Waals surface area contributed by atoms with E-state index in [1.165, 1.54) is 18.5 Å². The van der Waals surface area contributed by atoms with Gasteiger partial charge in [0.1, 0.15) is 12.7 Å². The molecule has 1 aromatic heterocycles. The summed E-state index contributed by atoms with van der Waals surface area (Å²) in [5, 5.41) is 6.97. The lowest BCUT2D eigenvalue weighted by molar-refractivity contribution is -0.137. The molecule has 0 aliphatic rings. The predicted octanol–water partition coefficient (Wildman–Crippen LogP) is 3.40. The number of amides is 1. The number of carbonyl (C=O) groups excluding carboxylic acids is 1. The number of hydrogen-bond acceptors (Lipinski definition) is 3. The van der Waals surface area contributed by atoms with Gasteiger partial charge in [0.25, 0.3) is 0 Å². The van der Waals surface area contributed by atoms with Crippen LogP contribution in [0.3, 0.4) is 0 Å². The minimum absolute atomic E-state index is 0.0151. The Labute approximate surface area is 153 Å². The van der Waals surface area contributed by atoms with Crippen LogP contribution in [0.25, 0.3) is 0 Å². The molecule has 0 saturated heterocycles. The molecule has 0 fully saturated rings. The average Bonchev–Trinajstić information content (AvgIpc) is 3.15. The molecule has 8 heteroatoms. The number of rotatable bonds is 6. The van der Waals surface area contributed by atoms with Crippen LogP contribution in [0.5, 0.6) is 0 Å². The van der Waals surface area contributed by atoms with Crippen LogP contribution >= 0.6 is 0 Å². The third kappa shape index (κ3) is 5.16. The Bertz CT molecular complexity index is 862. The number of aromatic nitrogens is 3. The lowest BCUT2D eigenvalue weighted by Crippen LogP contribution is -2.32. The zero-order chi connectivity index (χ0) is 19.3. The topological polar surface area (TPSA) is 59.8 Å². The molecule has 0 aliphatic heterocycles. The minimum atomic E-state index is -4.39. The maximum atomic E-state index is 12.6. The zero-order valence-corrected chi connectivity index (χ0v) is 14.2. The molecular weight excluding hydrogens is 357 g/mol.